The maximum atomic E-state index is 10.7. The van der Waals surface area contributed by atoms with Gasteiger partial charge in [0.05, 0.1) is 6.20 Å². The molecule has 1 heterocycles. The van der Waals surface area contributed by atoms with E-state index < -0.39 is 5.97 Å². The number of benzene rings is 1. The van der Waals surface area contributed by atoms with Gasteiger partial charge < -0.3 is 10.4 Å². The predicted octanol–water partition coefficient (Wildman–Crippen LogP) is 3.32. The van der Waals surface area contributed by atoms with Gasteiger partial charge in [-0.05, 0) is 18.3 Å². The van der Waals surface area contributed by atoms with E-state index in [-0.39, 0.29) is 11.8 Å². The highest BCUT2D eigenvalue weighted by Crippen LogP contribution is 2.27. The second-order valence-electron chi connectivity index (χ2n) is 6.02. The van der Waals surface area contributed by atoms with Crippen LogP contribution >= 0.6 is 0 Å². The van der Waals surface area contributed by atoms with Gasteiger partial charge in [0.1, 0.15) is 0 Å². The van der Waals surface area contributed by atoms with Crippen LogP contribution in [0.25, 0.3) is 10.8 Å². The second kappa shape index (κ2) is 6.52. The highest BCUT2D eigenvalue weighted by Gasteiger charge is 2.19. The third kappa shape index (κ3) is 4.41. The predicted molar refractivity (Wildman–Crippen MR) is 83.3 cm³/mol. The van der Waals surface area contributed by atoms with E-state index in [2.05, 4.69) is 29.4 Å². The topological polar surface area (TPSA) is 75.1 Å². The van der Waals surface area contributed by atoms with Crippen LogP contribution in [0.5, 0.6) is 0 Å². The quantitative estimate of drug-likeness (QED) is 0.817. The number of nitrogens with zero attached hydrogens (tertiary/aromatic N) is 2. The molecule has 0 spiro atoms. The van der Waals surface area contributed by atoms with Gasteiger partial charge in [-0.25, -0.2) is 0 Å². The summed E-state index contributed by atoms with van der Waals surface area (Å²) in [6.07, 6.45) is 3.51. The van der Waals surface area contributed by atoms with E-state index in [9.17, 15) is 4.79 Å². The molecule has 0 aliphatic carbocycles. The molecule has 2 rings (SSSR count). The van der Waals surface area contributed by atoms with Gasteiger partial charge in [0.2, 0.25) is 0 Å². The highest BCUT2D eigenvalue weighted by atomic mass is 16.4. The minimum Gasteiger partial charge on any atom is -0.481 e. The van der Waals surface area contributed by atoms with E-state index in [0.717, 1.165) is 29.6 Å². The molecule has 0 saturated heterocycles. The van der Waals surface area contributed by atoms with E-state index in [4.69, 9.17) is 5.11 Å². The molecule has 0 aliphatic rings. The number of carbonyl (C=O) groups is 1. The fourth-order valence-corrected chi connectivity index (χ4v) is 2.25. The highest BCUT2D eigenvalue weighted by molar-refractivity contribution is 5.90. The van der Waals surface area contributed by atoms with Gasteiger partial charge in [-0.2, -0.15) is 5.10 Å². The molecule has 1 aromatic carbocycles. The average Bonchev–Trinajstić information content (AvgIpc) is 2.45. The van der Waals surface area contributed by atoms with Gasteiger partial charge >= 0.3 is 5.97 Å². The van der Waals surface area contributed by atoms with Crippen molar-refractivity contribution in [1.29, 1.82) is 0 Å². The van der Waals surface area contributed by atoms with Crippen LogP contribution in [-0.2, 0) is 4.79 Å². The zero-order chi connectivity index (χ0) is 15.3. The fraction of sp³-hybridized carbons (Fsp3) is 0.438. The number of fused-ring (bicyclic) bond motifs is 1. The molecule has 2 aromatic rings. The third-order valence-electron chi connectivity index (χ3n) is 3.68. The van der Waals surface area contributed by atoms with Crippen molar-refractivity contribution in [3.8, 4) is 0 Å². The number of aliphatic carboxylic acids is 1. The Labute approximate surface area is 124 Å². The molecule has 0 atom stereocenters. The summed E-state index contributed by atoms with van der Waals surface area (Å²) in [5.41, 5.74) is -0.0105. The van der Waals surface area contributed by atoms with Crippen molar-refractivity contribution in [3.63, 3.8) is 0 Å². The molecule has 0 unspecified atom stereocenters. The Kier molecular flexibility index (Phi) is 4.73. The largest absolute Gasteiger partial charge is 0.481 e. The van der Waals surface area contributed by atoms with Crippen molar-refractivity contribution < 1.29 is 9.90 Å². The first-order chi connectivity index (χ1) is 9.98. The summed E-state index contributed by atoms with van der Waals surface area (Å²) >= 11 is 0. The Morgan fingerprint density at radius 1 is 1.29 bits per heavy atom. The lowest BCUT2D eigenvalue weighted by Gasteiger charge is -2.24. The molecule has 0 radical (unpaired) electrons. The lowest BCUT2D eigenvalue weighted by Crippen LogP contribution is -2.18. The maximum Gasteiger partial charge on any atom is 0.303 e. The number of aromatic nitrogens is 2. The zero-order valence-electron chi connectivity index (χ0n) is 12.5. The standard InChI is InChI=1S/C16H21N3O2/c1-16(2,8-7-14(20)21)9-10-17-15-13-6-4-3-5-12(13)11-18-19-15/h3-6,11H,7-10H2,1-2H3,(H,17,19)(H,20,21). The van der Waals surface area contributed by atoms with Gasteiger partial charge in [0, 0.05) is 23.7 Å². The molecule has 0 amide bonds. The minimum absolute atomic E-state index is 0.0105. The number of carboxylic acids is 1. The number of hydrogen-bond donors (Lipinski definition) is 2. The molecule has 5 nitrogen and oxygen atoms in total. The van der Waals surface area contributed by atoms with Gasteiger partial charge in [0.15, 0.2) is 5.82 Å². The molecule has 0 bridgehead atoms. The molecule has 1 aromatic heterocycles. The Morgan fingerprint density at radius 2 is 2.05 bits per heavy atom. The Balaban J connectivity index is 1.94. The maximum absolute atomic E-state index is 10.7. The monoisotopic (exact) mass is 287 g/mol. The summed E-state index contributed by atoms with van der Waals surface area (Å²) in [6.45, 7) is 4.92. The summed E-state index contributed by atoms with van der Waals surface area (Å²) in [4.78, 5) is 10.7. The van der Waals surface area contributed by atoms with Gasteiger partial charge in [-0.3, -0.25) is 4.79 Å². The Hall–Kier alpha value is -2.17. The number of hydrogen-bond acceptors (Lipinski definition) is 4. The van der Waals surface area contributed by atoms with Crippen LogP contribution in [0.15, 0.2) is 30.5 Å². The van der Waals surface area contributed by atoms with Crippen molar-refractivity contribution in [2.75, 3.05) is 11.9 Å². The number of nitrogens with one attached hydrogen (secondary N) is 1. The molecule has 21 heavy (non-hydrogen) atoms. The fourth-order valence-electron chi connectivity index (χ4n) is 2.25. The first-order valence-electron chi connectivity index (χ1n) is 7.14. The zero-order valence-corrected chi connectivity index (χ0v) is 12.5. The summed E-state index contributed by atoms with van der Waals surface area (Å²) in [7, 11) is 0. The smallest absolute Gasteiger partial charge is 0.303 e. The summed E-state index contributed by atoms with van der Waals surface area (Å²) in [6, 6.07) is 7.97. The number of anilines is 1. The van der Waals surface area contributed by atoms with E-state index in [1.165, 1.54) is 0 Å². The van der Waals surface area contributed by atoms with Crippen LogP contribution in [0.4, 0.5) is 5.82 Å². The van der Waals surface area contributed by atoms with Crippen molar-refractivity contribution in [1.82, 2.24) is 10.2 Å². The van der Waals surface area contributed by atoms with Gasteiger partial charge in [-0.1, -0.05) is 38.1 Å². The lowest BCUT2D eigenvalue weighted by atomic mass is 9.84. The summed E-state index contributed by atoms with van der Waals surface area (Å²) < 4.78 is 0. The molecule has 0 fully saturated rings. The van der Waals surface area contributed by atoms with E-state index >= 15 is 0 Å². The second-order valence-corrected chi connectivity index (χ2v) is 6.02. The van der Waals surface area contributed by atoms with Crippen molar-refractivity contribution >= 4 is 22.6 Å². The molecule has 112 valence electrons. The first-order valence-corrected chi connectivity index (χ1v) is 7.14. The Bertz CT molecular complexity index is 620. The Morgan fingerprint density at radius 3 is 2.81 bits per heavy atom. The van der Waals surface area contributed by atoms with Crippen LogP contribution < -0.4 is 5.32 Å². The number of carboxylic acid groups (broad SMARTS) is 1. The van der Waals surface area contributed by atoms with E-state index in [1.807, 2.05) is 24.3 Å². The summed E-state index contributed by atoms with van der Waals surface area (Å²) in [5.74, 6) is 0.0399. The van der Waals surface area contributed by atoms with Crippen LogP contribution in [0, 0.1) is 5.41 Å². The van der Waals surface area contributed by atoms with E-state index in [1.54, 1.807) is 6.20 Å². The normalized spacial score (nSPS) is 11.5. The molecule has 2 N–H and O–H groups in total. The molecule has 0 aliphatic heterocycles. The van der Waals surface area contributed by atoms with Crippen molar-refractivity contribution in [2.45, 2.75) is 33.1 Å². The average molecular weight is 287 g/mol. The minimum atomic E-state index is -0.740. The first kappa shape index (κ1) is 15.2. The SMILES string of the molecule is CC(C)(CCNc1nncc2ccccc12)CCC(=O)O. The van der Waals surface area contributed by atoms with Crippen molar-refractivity contribution in [3.05, 3.63) is 30.5 Å². The van der Waals surface area contributed by atoms with Crippen LogP contribution in [0.2, 0.25) is 0 Å². The van der Waals surface area contributed by atoms with Gasteiger partial charge in [0.25, 0.3) is 0 Å². The summed E-state index contributed by atoms with van der Waals surface area (Å²) in [5, 5.41) is 22.3. The van der Waals surface area contributed by atoms with Gasteiger partial charge in [-0.15, -0.1) is 5.10 Å². The molecular formula is C16H21N3O2. The van der Waals surface area contributed by atoms with Crippen LogP contribution in [0.3, 0.4) is 0 Å². The van der Waals surface area contributed by atoms with E-state index in [0.29, 0.717) is 6.42 Å². The molecular weight excluding hydrogens is 266 g/mol. The van der Waals surface area contributed by atoms with Crippen molar-refractivity contribution in [2.24, 2.45) is 5.41 Å². The number of rotatable bonds is 7. The molecule has 0 saturated carbocycles. The third-order valence-corrected chi connectivity index (χ3v) is 3.68. The molecule has 5 heteroatoms. The lowest BCUT2D eigenvalue weighted by molar-refractivity contribution is -0.137. The van der Waals surface area contributed by atoms with Crippen LogP contribution in [0.1, 0.15) is 33.1 Å². The van der Waals surface area contributed by atoms with Crippen LogP contribution in [-0.4, -0.2) is 27.8 Å².